The predicted octanol–water partition coefficient (Wildman–Crippen LogP) is 3.30. The minimum absolute atomic E-state index is 0.132. The average Bonchev–Trinajstić information content (AvgIpc) is 2.63. The third-order valence-electron chi connectivity index (χ3n) is 4.22. The second-order valence-electron chi connectivity index (χ2n) is 6.31. The molecular formula is C20H19N5O. The number of benzene rings is 2. The van der Waals surface area contributed by atoms with Gasteiger partial charge in [-0.25, -0.2) is 9.98 Å². The fourth-order valence-electron chi connectivity index (χ4n) is 2.93. The van der Waals surface area contributed by atoms with Gasteiger partial charge in [-0.2, -0.15) is 0 Å². The molecule has 0 amide bonds. The SMILES string of the molecule is Cc1ccc(NC2=N[C@@H](c3ccccc3)n3c(nc(C)cc3=O)N2)cc1. The molecule has 0 aliphatic carbocycles. The summed E-state index contributed by atoms with van der Waals surface area (Å²) in [7, 11) is 0. The van der Waals surface area contributed by atoms with Gasteiger partial charge in [-0.15, -0.1) is 0 Å². The van der Waals surface area contributed by atoms with Gasteiger partial charge in [0.05, 0.1) is 0 Å². The van der Waals surface area contributed by atoms with Crippen molar-refractivity contribution >= 4 is 17.6 Å². The molecule has 6 nitrogen and oxygen atoms in total. The number of rotatable bonds is 2. The van der Waals surface area contributed by atoms with E-state index in [9.17, 15) is 4.79 Å². The Kier molecular flexibility index (Phi) is 4.01. The summed E-state index contributed by atoms with van der Waals surface area (Å²) in [6.07, 6.45) is -0.471. The van der Waals surface area contributed by atoms with E-state index in [1.807, 2.05) is 61.5 Å². The van der Waals surface area contributed by atoms with Gasteiger partial charge in [0.15, 0.2) is 6.17 Å². The summed E-state index contributed by atoms with van der Waals surface area (Å²) < 4.78 is 1.57. The molecule has 3 aromatic rings. The van der Waals surface area contributed by atoms with Gasteiger partial charge >= 0.3 is 0 Å². The second kappa shape index (κ2) is 6.48. The molecule has 2 heterocycles. The van der Waals surface area contributed by atoms with Crippen LogP contribution in [0.3, 0.4) is 0 Å². The van der Waals surface area contributed by atoms with Crippen LogP contribution >= 0.6 is 0 Å². The molecule has 1 aromatic heterocycles. The average molecular weight is 345 g/mol. The highest BCUT2D eigenvalue weighted by Gasteiger charge is 2.24. The molecule has 4 rings (SSSR count). The Hall–Kier alpha value is -3.41. The molecular weight excluding hydrogens is 326 g/mol. The number of nitrogens with one attached hydrogen (secondary N) is 2. The number of hydrogen-bond acceptors (Lipinski definition) is 5. The second-order valence-corrected chi connectivity index (χ2v) is 6.31. The Balaban J connectivity index is 1.78. The number of anilines is 2. The van der Waals surface area contributed by atoms with Gasteiger partial charge < -0.3 is 5.32 Å². The van der Waals surface area contributed by atoms with E-state index in [1.54, 1.807) is 11.5 Å². The van der Waals surface area contributed by atoms with Crippen molar-refractivity contribution in [3.63, 3.8) is 0 Å². The minimum Gasteiger partial charge on any atom is -0.326 e. The quantitative estimate of drug-likeness (QED) is 0.747. The molecule has 0 saturated heterocycles. The first-order valence-electron chi connectivity index (χ1n) is 8.44. The predicted molar refractivity (Wildman–Crippen MR) is 104 cm³/mol. The topological polar surface area (TPSA) is 71.3 Å². The lowest BCUT2D eigenvalue weighted by Gasteiger charge is -2.27. The van der Waals surface area contributed by atoms with Crippen molar-refractivity contribution in [3.8, 4) is 0 Å². The largest absolute Gasteiger partial charge is 0.326 e. The molecule has 0 bridgehead atoms. The van der Waals surface area contributed by atoms with Crippen molar-refractivity contribution in [1.82, 2.24) is 9.55 Å². The van der Waals surface area contributed by atoms with Crippen LogP contribution in [0.2, 0.25) is 0 Å². The van der Waals surface area contributed by atoms with Gasteiger partial charge in [0.1, 0.15) is 0 Å². The Bertz CT molecular complexity index is 1020. The number of hydrogen-bond donors (Lipinski definition) is 2. The van der Waals surface area contributed by atoms with Gasteiger partial charge in [0, 0.05) is 17.4 Å². The maximum Gasteiger partial charge on any atom is 0.257 e. The standard InChI is InChI=1S/C20H19N5O/c1-13-8-10-16(11-9-13)22-19-23-18(15-6-4-3-5-7-15)25-17(26)12-14(2)21-20(25)24-19/h3-12,18H,1-2H3,(H2,21,22,23,24)/t18-/m1/s1. The van der Waals surface area contributed by atoms with Crippen molar-refractivity contribution in [1.29, 1.82) is 0 Å². The molecule has 0 saturated carbocycles. The molecule has 0 radical (unpaired) electrons. The lowest BCUT2D eigenvalue weighted by Crippen LogP contribution is -2.37. The van der Waals surface area contributed by atoms with E-state index in [2.05, 4.69) is 15.6 Å². The summed E-state index contributed by atoms with van der Waals surface area (Å²) in [6.45, 7) is 3.85. The van der Waals surface area contributed by atoms with E-state index in [0.29, 0.717) is 17.6 Å². The van der Waals surface area contributed by atoms with Gasteiger partial charge in [0.2, 0.25) is 11.9 Å². The zero-order valence-corrected chi connectivity index (χ0v) is 14.6. The highest BCUT2D eigenvalue weighted by atomic mass is 16.1. The van der Waals surface area contributed by atoms with E-state index >= 15 is 0 Å². The van der Waals surface area contributed by atoms with Crippen LogP contribution in [0.5, 0.6) is 0 Å². The number of aromatic nitrogens is 2. The van der Waals surface area contributed by atoms with Gasteiger partial charge in [0.25, 0.3) is 5.56 Å². The van der Waals surface area contributed by atoms with E-state index in [-0.39, 0.29) is 5.56 Å². The molecule has 26 heavy (non-hydrogen) atoms. The van der Waals surface area contributed by atoms with E-state index in [0.717, 1.165) is 11.3 Å². The normalized spacial score (nSPS) is 15.6. The Morgan fingerprint density at radius 2 is 1.77 bits per heavy atom. The number of guanidine groups is 1. The first kappa shape index (κ1) is 16.1. The zero-order chi connectivity index (χ0) is 18.1. The maximum atomic E-state index is 12.6. The van der Waals surface area contributed by atoms with Crippen LogP contribution in [0.15, 0.2) is 70.5 Å². The lowest BCUT2D eigenvalue weighted by atomic mass is 10.1. The van der Waals surface area contributed by atoms with Crippen molar-refractivity contribution in [2.75, 3.05) is 10.6 Å². The van der Waals surface area contributed by atoms with Crippen LogP contribution in [-0.2, 0) is 0 Å². The number of nitrogens with zero attached hydrogens (tertiary/aromatic N) is 3. The molecule has 0 spiro atoms. The van der Waals surface area contributed by atoms with Crippen LogP contribution in [0.4, 0.5) is 11.6 Å². The smallest absolute Gasteiger partial charge is 0.257 e. The first-order chi connectivity index (χ1) is 12.6. The summed E-state index contributed by atoms with van der Waals surface area (Å²) in [5.41, 5.74) is 3.55. The first-order valence-corrected chi connectivity index (χ1v) is 8.44. The third kappa shape index (κ3) is 3.09. The van der Waals surface area contributed by atoms with Gasteiger partial charge in [-0.05, 0) is 31.5 Å². The minimum atomic E-state index is -0.471. The Morgan fingerprint density at radius 3 is 2.50 bits per heavy atom. The monoisotopic (exact) mass is 345 g/mol. The summed E-state index contributed by atoms with van der Waals surface area (Å²) in [6, 6.07) is 19.3. The van der Waals surface area contributed by atoms with Crippen molar-refractivity contribution in [2.45, 2.75) is 20.0 Å². The van der Waals surface area contributed by atoms with Crippen LogP contribution in [0, 0.1) is 13.8 Å². The van der Waals surface area contributed by atoms with Crippen LogP contribution < -0.4 is 16.2 Å². The van der Waals surface area contributed by atoms with Crippen molar-refractivity contribution < 1.29 is 0 Å². The molecule has 6 heteroatoms. The van der Waals surface area contributed by atoms with Gasteiger partial charge in [-0.1, -0.05) is 48.0 Å². The van der Waals surface area contributed by atoms with Crippen LogP contribution in [-0.4, -0.2) is 15.5 Å². The summed E-state index contributed by atoms with van der Waals surface area (Å²) >= 11 is 0. The van der Waals surface area contributed by atoms with Crippen LogP contribution in [0.1, 0.15) is 23.0 Å². The number of fused-ring (bicyclic) bond motifs is 1. The van der Waals surface area contributed by atoms with Crippen molar-refractivity contribution in [2.24, 2.45) is 4.99 Å². The fourth-order valence-corrected chi connectivity index (χ4v) is 2.93. The molecule has 130 valence electrons. The molecule has 1 aliphatic rings. The maximum absolute atomic E-state index is 12.6. The van der Waals surface area contributed by atoms with Crippen LogP contribution in [0.25, 0.3) is 0 Å². The van der Waals surface area contributed by atoms with Gasteiger partial charge in [-0.3, -0.25) is 14.7 Å². The Labute approximate surface area is 151 Å². The summed E-state index contributed by atoms with van der Waals surface area (Å²) in [5, 5.41) is 6.40. The third-order valence-corrected chi connectivity index (χ3v) is 4.22. The number of aryl methyl sites for hydroxylation is 2. The van der Waals surface area contributed by atoms with E-state index < -0.39 is 6.17 Å². The Morgan fingerprint density at radius 1 is 1.04 bits per heavy atom. The molecule has 0 fully saturated rings. The van der Waals surface area contributed by atoms with Crippen molar-refractivity contribution in [3.05, 3.63) is 87.8 Å². The molecule has 2 aromatic carbocycles. The molecule has 0 unspecified atom stereocenters. The molecule has 2 N–H and O–H groups in total. The highest BCUT2D eigenvalue weighted by Crippen LogP contribution is 2.25. The lowest BCUT2D eigenvalue weighted by molar-refractivity contribution is 0.577. The summed E-state index contributed by atoms with van der Waals surface area (Å²) in [5.74, 6) is 1.04. The highest BCUT2D eigenvalue weighted by molar-refractivity contribution is 6.03. The van der Waals surface area contributed by atoms with E-state index in [1.165, 1.54) is 11.6 Å². The van der Waals surface area contributed by atoms with E-state index in [4.69, 9.17) is 4.99 Å². The summed E-state index contributed by atoms with van der Waals surface area (Å²) in [4.78, 5) is 21.8. The fraction of sp³-hybridized carbons (Fsp3) is 0.150. The number of aliphatic imine (C=N–C) groups is 1. The molecule has 1 aliphatic heterocycles. The zero-order valence-electron chi connectivity index (χ0n) is 14.6. The molecule has 1 atom stereocenters.